The molecule has 0 spiro atoms. The number of carbonyl (C=O) groups excluding carboxylic acids is 2. The highest BCUT2D eigenvalue weighted by Gasteiger charge is 2.28. The number of carbonyl (C=O) groups is 2. The van der Waals surface area contributed by atoms with E-state index in [9.17, 15) is 9.59 Å². The third-order valence-electron chi connectivity index (χ3n) is 4.62. The quantitative estimate of drug-likeness (QED) is 0.890. The maximum Gasteiger partial charge on any atom is 0.257 e. The van der Waals surface area contributed by atoms with Crippen LogP contribution in [-0.4, -0.2) is 36.4 Å². The molecule has 1 fully saturated rings. The molecule has 138 valence electrons. The zero-order chi connectivity index (χ0) is 18.5. The highest BCUT2D eigenvalue weighted by molar-refractivity contribution is 5.95. The smallest absolute Gasteiger partial charge is 0.257 e. The predicted octanol–water partition coefficient (Wildman–Crippen LogP) is 3.48. The van der Waals surface area contributed by atoms with E-state index in [-0.39, 0.29) is 17.7 Å². The number of nitrogens with zero attached hydrogens (tertiary/aromatic N) is 1. The molecule has 26 heavy (non-hydrogen) atoms. The van der Waals surface area contributed by atoms with Crippen LogP contribution in [0.3, 0.4) is 0 Å². The Morgan fingerprint density at radius 2 is 2.04 bits per heavy atom. The first-order valence-electron chi connectivity index (χ1n) is 8.94. The maximum absolute atomic E-state index is 12.6. The fraction of sp³-hybridized carbons (Fsp3) is 0.400. The van der Waals surface area contributed by atoms with Crippen molar-refractivity contribution >= 4 is 17.5 Å². The molecule has 0 atom stereocenters. The molecule has 1 aromatic heterocycles. The van der Waals surface area contributed by atoms with Crippen molar-refractivity contribution in [2.45, 2.75) is 26.7 Å². The van der Waals surface area contributed by atoms with E-state index >= 15 is 0 Å². The van der Waals surface area contributed by atoms with Crippen molar-refractivity contribution in [3.8, 4) is 5.75 Å². The Hall–Kier alpha value is -2.76. The summed E-state index contributed by atoms with van der Waals surface area (Å²) in [4.78, 5) is 26.7. The van der Waals surface area contributed by atoms with Crippen LogP contribution >= 0.6 is 0 Å². The van der Waals surface area contributed by atoms with E-state index in [1.807, 2.05) is 32.0 Å². The second kappa shape index (κ2) is 8.08. The van der Waals surface area contributed by atoms with Crippen LogP contribution in [0.25, 0.3) is 0 Å². The first kappa shape index (κ1) is 18.0. The van der Waals surface area contributed by atoms with Gasteiger partial charge in [-0.3, -0.25) is 9.59 Å². The fourth-order valence-corrected chi connectivity index (χ4v) is 3.16. The first-order valence-corrected chi connectivity index (χ1v) is 8.94. The molecule has 2 aromatic rings. The summed E-state index contributed by atoms with van der Waals surface area (Å²) < 4.78 is 10.6. The first-order chi connectivity index (χ1) is 12.6. The van der Waals surface area contributed by atoms with Gasteiger partial charge >= 0.3 is 0 Å². The molecule has 0 bridgehead atoms. The minimum atomic E-state index is -0.112. The van der Waals surface area contributed by atoms with Gasteiger partial charge in [0.25, 0.3) is 5.91 Å². The summed E-state index contributed by atoms with van der Waals surface area (Å²) in [7, 11) is 0. The molecule has 1 aromatic carbocycles. The molecule has 3 rings (SSSR count). The van der Waals surface area contributed by atoms with E-state index in [0.717, 1.165) is 5.56 Å². The third-order valence-corrected chi connectivity index (χ3v) is 4.62. The normalized spacial score (nSPS) is 14.9. The topological polar surface area (TPSA) is 71.8 Å². The van der Waals surface area contributed by atoms with Crippen LogP contribution < -0.4 is 10.1 Å². The number of furan rings is 1. The molecule has 0 radical (unpaired) electrons. The van der Waals surface area contributed by atoms with Crippen LogP contribution in [0.15, 0.2) is 41.2 Å². The van der Waals surface area contributed by atoms with Gasteiger partial charge in [0.1, 0.15) is 12.0 Å². The van der Waals surface area contributed by atoms with Gasteiger partial charge in [0.05, 0.1) is 24.1 Å². The Morgan fingerprint density at radius 3 is 2.69 bits per heavy atom. The van der Waals surface area contributed by atoms with Gasteiger partial charge in [-0.1, -0.05) is 6.07 Å². The molecule has 0 saturated carbocycles. The summed E-state index contributed by atoms with van der Waals surface area (Å²) in [5.74, 6) is 0.507. The Bertz CT molecular complexity index is 762. The molecule has 2 heterocycles. The van der Waals surface area contributed by atoms with Gasteiger partial charge in [-0.05, 0) is 50.5 Å². The highest BCUT2D eigenvalue weighted by Crippen LogP contribution is 2.28. The van der Waals surface area contributed by atoms with Gasteiger partial charge in [-0.2, -0.15) is 0 Å². The zero-order valence-corrected chi connectivity index (χ0v) is 15.2. The minimum Gasteiger partial charge on any atom is -0.492 e. The standard InChI is InChI=1S/C20H24N2O4/c1-3-26-18-12-14(2)4-5-17(18)21-19(23)15-6-9-22(10-7-15)20(24)16-8-11-25-13-16/h4-5,8,11-13,15H,3,6-7,9-10H2,1-2H3,(H,21,23). The second-order valence-corrected chi connectivity index (χ2v) is 6.50. The Morgan fingerprint density at radius 1 is 1.27 bits per heavy atom. The summed E-state index contributed by atoms with van der Waals surface area (Å²) in [6, 6.07) is 7.40. The molecule has 1 N–H and O–H groups in total. The predicted molar refractivity (Wildman–Crippen MR) is 98.3 cm³/mol. The van der Waals surface area contributed by atoms with Crippen LogP contribution in [0.1, 0.15) is 35.7 Å². The molecule has 0 aliphatic carbocycles. The second-order valence-electron chi connectivity index (χ2n) is 6.50. The SMILES string of the molecule is CCOc1cc(C)ccc1NC(=O)C1CCN(C(=O)c2ccoc2)CC1. The summed E-state index contributed by atoms with van der Waals surface area (Å²) in [5, 5.41) is 2.98. The molecular weight excluding hydrogens is 332 g/mol. The Balaban J connectivity index is 1.58. The molecule has 1 aliphatic rings. The number of ether oxygens (including phenoxy) is 1. The lowest BCUT2D eigenvalue weighted by atomic mass is 9.95. The number of piperidine rings is 1. The number of hydrogen-bond acceptors (Lipinski definition) is 4. The van der Waals surface area contributed by atoms with Crippen molar-refractivity contribution in [2.75, 3.05) is 25.0 Å². The summed E-state index contributed by atoms with van der Waals surface area (Å²) in [5.41, 5.74) is 2.32. The van der Waals surface area contributed by atoms with Gasteiger partial charge in [0.2, 0.25) is 5.91 Å². The summed E-state index contributed by atoms with van der Waals surface area (Å²) in [6.07, 6.45) is 4.23. The summed E-state index contributed by atoms with van der Waals surface area (Å²) >= 11 is 0. The minimum absolute atomic E-state index is 0.0229. The lowest BCUT2D eigenvalue weighted by molar-refractivity contribution is -0.121. The number of amides is 2. The highest BCUT2D eigenvalue weighted by atomic mass is 16.5. The Kier molecular flexibility index (Phi) is 5.61. The van der Waals surface area contributed by atoms with E-state index in [1.54, 1.807) is 11.0 Å². The fourth-order valence-electron chi connectivity index (χ4n) is 3.16. The van der Waals surface area contributed by atoms with Crippen molar-refractivity contribution in [2.24, 2.45) is 5.92 Å². The van der Waals surface area contributed by atoms with Crippen molar-refractivity contribution in [1.82, 2.24) is 4.90 Å². The number of hydrogen-bond donors (Lipinski definition) is 1. The van der Waals surface area contributed by atoms with E-state index in [0.29, 0.717) is 49.5 Å². The molecule has 6 heteroatoms. The lowest BCUT2D eigenvalue weighted by Gasteiger charge is -2.31. The largest absolute Gasteiger partial charge is 0.492 e. The van der Waals surface area contributed by atoms with E-state index in [4.69, 9.17) is 9.15 Å². The number of anilines is 1. The van der Waals surface area contributed by atoms with E-state index < -0.39 is 0 Å². The van der Waals surface area contributed by atoms with Gasteiger partial charge in [0, 0.05) is 19.0 Å². The van der Waals surface area contributed by atoms with Crippen molar-refractivity contribution in [3.05, 3.63) is 47.9 Å². The number of nitrogens with one attached hydrogen (secondary N) is 1. The van der Waals surface area contributed by atoms with Gasteiger partial charge in [-0.15, -0.1) is 0 Å². The van der Waals surface area contributed by atoms with E-state index in [2.05, 4.69) is 5.32 Å². The molecule has 2 amide bonds. The number of likely N-dealkylation sites (tertiary alicyclic amines) is 1. The van der Waals surface area contributed by atoms with E-state index in [1.165, 1.54) is 12.5 Å². The van der Waals surface area contributed by atoms with Crippen LogP contribution in [0.4, 0.5) is 5.69 Å². The summed E-state index contributed by atoms with van der Waals surface area (Å²) in [6.45, 7) is 5.57. The monoisotopic (exact) mass is 356 g/mol. The molecule has 1 aliphatic heterocycles. The van der Waals surface area contributed by atoms with Crippen LogP contribution in [-0.2, 0) is 4.79 Å². The average Bonchev–Trinajstić information content (AvgIpc) is 3.18. The number of benzene rings is 1. The molecule has 0 unspecified atom stereocenters. The van der Waals surface area contributed by atoms with Crippen LogP contribution in [0, 0.1) is 12.8 Å². The van der Waals surface area contributed by atoms with Crippen molar-refractivity contribution in [1.29, 1.82) is 0 Å². The maximum atomic E-state index is 12.6. The average molecular weight is 356 g/mol. The molecule has 1 saturated heterocycles. The van der Waals surface area contributed by atoms with Gasteiger partial charge in [0.15, 0.2) is 0 Å². The number of rotatable bonds is 5. The number of aryl methyl sites for hydroxylation is 1. The van der Waals surface area contributed by atoms with Crippen molar-refractivity contribution in [3.63, 3.8) is 0 Å². The molecule has 6 nitrogen and oxygen atoms in total. The Labute approximate surface area is 153 Å². The van der Waals surface area contributed by atoms with Gasteiger partial charge in [-0.25, -0.2) is 0 Å². The third kappa shape index (κ3) is 4.07. The van der Waals surface area contributed by atoms with Crippen LogP contribution in [0.2, 0.25) is 0 Å². The van der Waals surface area contributed by atoms with Crippen LogP contribution in [0.5, 0.6) is 5.75 Å². The molecular formula is C20H24N2O4. The zero-order valence-electron chi connectivity index (χ0n) is 15.2. The lowest BCUT2D eigenvalue weighted by Crippen LogP contribution is -2.41. The van der Waals surface area contributed by atoms with Crippen molar-refractivity contribution < 1.29 is 18.7 Å². The van der Waals surface area contributed by atoms with Gasteiger partial charge < -0.3 is 19.4 Å².